The summed E-state index contributed by atoms with van der Waals surface area (Å²) in [5.41, 5.74) is 0. The van der Waals surface area contributed by atoms with E-state index in [1.54, 1.807) is 0 Å². The van der Waals surface area contributed by atoms with Gasteiger partial charge in [0, 0.05) is 12.8 Å². The van der Waals surface area contributed by atoms with Crippen molar-refractivity contribution in [1.29, 1.82) is 0 Å². The second kappa shape index (κ2) is 38.7. The van der Waals surface area contributed by atoms with Crippen LogP contribution in [0.4, 0.5) is 0 Å². The maximum atomic E-state index is 12.7. The molecule has 0 spiro atoms. The molecule has 0 saturated carbocycles. The SMILES string of the molecule is CCCCC/C=C/C/C=C/CCCCCCCCCCCC(=O)OC[C@@H](COP(=O)(O)OCC[N+](C)(C)C)OC(=O)CCCCCCC/C=C/CCCCCC. The van der Waals surface area contributed by atoms with E-state index in [-0.39, 0.29) is 32.0 Å². The number of esters is 2. The summed E-state index contributed by atoms with van der Waals surface area (Å²) in [6, 6.07) is 0. The van der Waals surface area contributed by atoms with Crippen molar-refractivity contribution in [2.24, 2.45) is 0 Å². The van der Waals surface area contributed by atoms with Crippen LogP contribution >= 0.6 is 7.82 Å². The minimum absolute atomic E-state index is 0.0294. The van der Waals surface area contributed by atoms with Crippen LogP contribution in [0.5, 0.6) is 0 Å². The number of rotatable bonds is 41. The molecule has 1 N–H and O–H groups in total. The molecule has 0 aliphatic heterocycles. The first-order chi connectivity index (χ1) is 27.0. The van der Waals surface area contributed by atoms with E-state index >= 15 is 0 Å². The molecule has 0 aromatic heterocycles. The van der Waals surface area contributed by atoms with Crippen molar-refractivity contribution in [2.45, 2.75) is 200 Å². The molecule has 2 atom stereocenters. The van der Waals surface area contributed by atoms with Gasteiger partial charge < -0.3 is 18.9 Å². The zero-order valence-corrected chi connectivity index (χ0v) is 37.8. The summed E-state index contributed by atoms with van der Waals surface area (Å²) in [6.45, 7) is 4.37. The Hall–Kier alpha value is -1.77. The molecular formula is C46H87NO8P+. The molecule has 0 rings (SSSR count). The van der Waals surface area contributed by atoms with E-state index in [1.807, 2.05) is 21.1 Å². The molecule has 9 nitrogen and oxygen atoms in total. The van der Waals surface area contributed by atoms with E-state index in [9.17, 15) is 19.0 Å². The van der Waals surface area contributed by atoms with Crippen molar-refractivity contribution < 1.29 is 42.1 Å². The van der Waals surface area contributed by atoms with Gasteiger partial charge in [-0.2, -0.15) is 0 Å². The van der Waals surface area contributed by atoms with Gasteiger partial charge in [-0.15, -0.1) is 0 Å². The monoisotopic (exact) mass is 813 g/mol. The third-order valence-electron chi connectivity index (χ3n) is 9.64. The third-order valence-corrected chi connectivity index (χ3v) is 10.6. The van der Waals surface area contributed by atoms with Crippen LogP contribution in [0.3, 0.4) is 0 Å². The quantitative estimate of drug-likeness (QED) is 0.0214. The number of likely N-dealkylation sites (N-methyl/N-ethyl adjacent to an activating group) is 1. The largest absolute Gasteiger partial charge is 0.472 e. The summed E-state index contributed by atoms with van der Waals surface area (Å²) < 4.78 is 34.3. The second-order valence-electron chi connectivity index (χ2n) is 16.4. The van der Waals surface area contributed by atoms with Crippen LogP contribution in [0, 0.1) is 0 Å². The van der Waals surface area contributed by atoms with Crippen LogP contribution in [0.15, 0.2) is 36.5 Å². The van der Waals surface area contributed by atoms with Crippen molar-refractivity contribution in [1.82, 2.24) is 0 Å². The predicted molar refractivity (Wildman–Crippen MR) is 234 cm³/mol. The number of allylic oxidation sites excluding steroid dienone is 6. The van der Waals surface area contributed by atoms with Gasteiger partial charge in [-0.3, -0.25) is 18.6 Å². The van der Waals surface area contributed by atoms with Gasteiger partial charge in [0.1, 0.15) is 19.8 Å². The highest BCUT2D eigenvalue weighted by Gasteiger charge is 2.27. The first kappa shape index (κ1) is 54.2. The van der Waals surface area contributed by atoms with Gasteiger partial charge in [0.15, 0.2) is 6.10 Å². The van der Waals surface area contributed by atoms with Gasteiger partial charge in [0.05, 0.1) is 27.7 Å². The highest BCUT2D eigenvalue weighted by molar-refractivity contribution is 7.47. The fourth-order valence-electron chi connectivity index (χ4n) is 6.04. The highest BCUT2D eigenvalue weighted by atomic mass is 31.2. The topological polar surface area (TPSA) is 108 Å². The van der Waals surface area contributed by atoms with Crippen molar-refractivity contribution in [3.8, 4) is 0 Å². The third kappa shape index (κ3) is 41.9. The summed E-state index contributed by atoms with van der Waals surface area (Å²) in [6.07, 6.45) is 43.3. The number of quaternary nitrogens is 1. The summed E-state index contributed by atoms with van der Waals surface area (Å²) in [5.74, 6) is -0.812. The molecule has 0 amide bonds. The van der Waals surface area contributed by atoms with E-state index in [0.29, 0.717) is 17.4 Å². The van der Waals surface area contributed by atoms with Crippen molar-refractivity contribution in [3.05, 3.63) is 36.5 Å². The normalized spacial score (nSPS) is 13.9. The van der Waals surface area contributed by atoms with Crippen LogP contribution < -0.4 is 0 Å². The Morgan fingerprint density at radius 3 is 1.46 bits per heavy atom. The van der Waals surface area contributed by atoms with E-state index in [0.717, 1.165) is 57.8 Å². The lowest BCUT2D eigenvalue weighted by atomic mass is 10.1. The Bertz CT molecular complexity index is 1050. The number of unbranched alkanes of at least 4 members (excludes halogenated alkanes) is 21. The summed E-state index contributed by atoms with van der Waals surface area (Å²) >= 11 is 0. The summed E-state index contributed by atoms with van der Waals surface area (Å²) in [7, 11) is 1.47. The number of phosphoric ester groups is 1. The molecule has 56 heavy (non-hydrogen) atoms. The number of carbonyl (C=O) groups excluding carboxylic acids is 2. The summed E-state index contributed by atoms with van der Waals surface area (Å²) in [5, 5.41) is 0. The minimum atomic E-state index is -4.38. The second-order valence-corrected chi connectivity index (χ2v) is 17.9. The van der Waals surface area contributed by atoms with Crippen LogP contribution in [0.2, 0.25) is 0 Å². The van der Waals surface area contributed by atoms with E-state index in [1.165, 1.54) is 103 Å². The van der Waals surface area contributed by atoms with Gasteiger partial charge in [-0.05, 0) is 70.6 Å². The van der Waals surface area contributed by atoms with Crippen LogP contribution in [-0.2, 0) is 32.7 Å². The fourth-order valence-corrected chi connectivity index (χ4v) is 6.78. The molecule has 0 aliphatic carbocycles. The van der Waals surface area contributed by atoms with Gasteiger partial charge in [0.25, 0.3) is 0 Å². The smallest absolute Gasteiger partial charge is 0.462 e. The van der Waals surface area contributed by atoms with Crippen LogP contribution in [0.1, 0.15) is 194 Å². The molecular weight excluding hydrogens is 725 g/mol. The fraction of sp³-hybridized carbons (Fsp3) is 0.826. The molecule has 0 fully saturated rings. The number of nitrogens with zero attached hydrogens (tertiary/aromatic N) is 1. The average molecular weight is 813 g/mol. The zero-order valence-electron chi connectivity index (χ0n) is 36.9. The van der Waals surface area contributed by atoms with E-state index in [4.69, 9.17) is 18.5 Å². The maximum Gasteiger partial charge on any atom is 0.472 e. The number of carbonyl (C=O) groups is 2. The number of phosphoric acid groups is 1. The van der Waals surface area contributed by atoms with Gasteiger partial charge >= 0.3 is 19.8 Å². The Morgan fingerprint density at radius 2 is 0.964 bits per heavy atom. The first-order valence-corrected chi connectivity index (χ1v) is 24.2. The molecule has 0 heterocycles. The molecule has 0 aromatic carbocycles. The van der Waals surface area contributed by atoms with Gasteiger partial charge in [-0.1, -0.05) is 147 Å². The Kier molecular flexibility index (Phi) is 37.5. The van der Waals surface area contributed by atoms with Crippen molar-refractivity contribution in [3.63, 3.8) is 0 Å². The minimum Gasteiger partial charge on any atom is -0.462 e. The van der Waals surface area contributed by atoms with Crippen molar-refractivity contribution >= 4 is 19.8 Å². The van der Waals surface area contributed by atoms with E-state index in [2.05, 4.69) is 50.3 Å². The van der Waals surface area contributed by atoms with E-state index < -0.39 is 26.5 Å². The molecule has 1 unspecified atom stereocenters. The standard InChI is InChI=1S/C46H86NO8P/c1-6-8-10-12-14-16-18-20-21-22-23-24-25-27-28-30-32-34-36-38-45(48)52-42-44(43-54-56(50,51)53-41-40-47(3,4)5)55-46(49)39-37-35-33-31-29-26-19-17-15-13-11-9-7-2/h14,16-17,19-21,44H,6-13,15,18,22-43H2,1-5H3/p+1/b16-14+,19-17+,21-20+/t44-/m0/s1. The van der Waals surface area contributed by atoms with Crippen LogP contribution in [-0.4, -0.2) is 74.9 Å². The molecule has 0 radical (unpaired) electrons. The molecule has 0 saturated heterocycles. The van der Waals surface area contributed by atoms with Crippen molar-refractivity contribution in [2.75, 3.05) is 47.5 Å². The lowest BCUT2D eigenvalue weighted by Crippen LogP contribution is -2.37. The Morgan fingerprint density at radius 1 is 0.554 bits per heavy atom. The van der Waals surface area contributed by atoms with Crippen LogP contribution in [0.25, 0.3) is 0 Å². The zero-order chi connectivity index (χ0) is 41.4. The van der Waals surface area contributed by atoms with Gasteiger partial charge in [-0.25, -0.2) is 4.57 Å². The molecule has 0 bridgehead atoms. The number of hydrogen-bond donors (Lipinski definition) is 1. The maximum absolute atomic E-state index is 12.7. The lowest BCUT2D eigenvalue weighted by molar-refractivity contribution is -0.870. The highest BCUT2D eigenvalue weighted by Crippen LogP contribution is 2.43. The molecule has 328 valence electrons. The first-order valence-electron chi connectivity index (χ1n) is 22.7. The predicted octanol–water partition coefficient (Wildman–Crippen LogP) is 12.9. The van der Waals surface area contributed by atoms with Gasteiger partial charge in [0.2, 0.25) is 0 Å². The average Bonchev–Trinajstić information content (AvgIpc) is 3.15. The lowest BCUT2D eigenvalue weighted by Gasteiger charge is -2.24. The molecule has 10 heteroatoms. The Balaban J connectivity index is 4.31. The Labute approximate surface area is 344 Å². The number of hydrogen-bond acceptors (Lipinski definition) is 7. The molecule has 0 aliphatic rings. The number of ether oxygens (including phenoxy) is 2. The molecule has 0 aromatic rings. The summed E-state index contributed by atoms with van der Waals surface area (Å²) in [4.78, 5) is 35.4.